The molecule has 1 aliphatic heterocycles. The van der Waals surface area contributed by atoms with Crippen molar-refractivity contribution in [2.75, 3.05) is 11.9 Å². The van der Waals surface area contributed by atoms with Crippen molar-refractivity contribution >= 4 is 34.6 Å². The predicted molar refractivity (Wildman–Crippen MR) is 82.3 cm³/mol. The second-order valence-electron chi connectivity index (χ2n) is 4.66. The number of halogens is 1. The van der Waals surface area contributed by atoms with E-state index in [4.69, 9.17) is 23.8 Å². The summed E-state index contributed by atoms with van der Waals surface area (Å²) in [5.41, 5.74) is 0.893. The molecule has 1 atom stereocenters. The summed E-state index contributed by atoms with van der Waals surface area (Å²) in [5, 5.41) is 4.78. The highest BCUT2D eigenvalue weighted by molar-refractivity contribution is 7.80. The Bertz CT molecular complexity index is 422. The van der Waals surface area contributed by atoms with Crippen molar-refractivity contribution in [1.82, 2.24) is 4.90 Å². The van der Waals surface area contributed by atoms with Crippen LogP contribution in [0.5, 0.6) is 0 Å². The van der Waals surface area contributed by atoms with Gasteiger partial charge in [-0.05, 0) is 50.0 Å². The van der Waals surface area contributed by atoms with Gasteiger partial charge in [0, 0.05) is 12.6 Å². The van der Waals surface area contributed by atoms with Crippen LogP contribution in [0, 0.1) is 0 Å². The summed E-state index contributed by atoms with van der Waals surface area (Å²) >= 11 is 11.7. The average molecular weight is 283 g/mol. The molecule has 18 heavy (non-hydrogen) atoms. The molecule has 0 aliphatic carbocycles. The lowest BCUT2D eigenvalue weighted by atomic mass is 10.0. The molecule has 1 aromatic rings. The molecule has 0 aromatic heterocycles. The molecule has 0 spiro atoms. The molecule has 2 nitrogen and oxygen atoms in total. The fraction of sp³-hybridized carbons (Fsp3) is 0.500. The Kier molecular flexibility index (Phi) is 4.84. The molecule has 0 radical (unpaired) electrons. The number of nitrogens with zero attached hydrogens (tertiary/aromatic N) is 1. The third-order valence-corrected chi connectivity index (χ3v) is 4.14. The van der Waals surface area contributed by atoms with Gasteiger partial charge >= 0.3 is 0 Å². The number of anilines is 1. The number of likely N-dealkylation sites (tertiary alicyclic amines) is 1. The van der Waals surface area contributed by atoms with Gasteiger partial charge < -0.3 is 10.2 Å². The summed E-state index contributed by atoms with van der Waals surface area (Å²) in [6, 6.07) is 8.29. The zero-order chi connectivity index (χ0) is 13.0. The summed E-state index contributed by atoms with van der Waals surface area (Å²) in [6.45, 7) is 3.27. The quantitative estimate of drug-likeness (QED) is 0.814. The van der Waals surface area contributed by atoms with E-state index in [9.17, 15) is 0 Å². The molecule has 0 unspecified atom stereocenters. The number of hydrogen-bond acceptors (Lipinski definition) is 1. The Balaban J connectivity index is 2.05. The molecule has 0 amide bonds. The number of para-hydroxylation sites is 1. The smallest absolute Gasteiger partial charge is 0.173 e. The molecule has 1 N–H and O–H groups in total. The highest BCUT2D eigenvalue weighted by atomic mass is 35.5. The van der Waals surface area contributed by atoms with E-state index in [0.717, 1.165) is 23.8 Å². The van der Waals surface area contributed by atoms with Gasteiger partial charge in [0.15, 0.2) is 5.11 Å². The number of thiocarbonyl (C=S) groups is 1. The second kappa shape index (κ2) is 6.39. The second-order valence-corrected chi connectivity index (χ2v) is 5.46. The number of rotatable bonds is 2. The normalized spacial score (nSPS) is 19.7. The van der Waals surface area contributed by atoms with Crippen LogP contribution in [0.2, 0.25) is 5.02 Å². The molecule has 0 saturated carbocycles. The fourth-order valence-corrected chi connectivity index (χ4v) is 2.98. The van der Waals surface area contributed by atoms with Crippen molar-refractivity contribution < 1.29 is 0 Å². The highest BCUT2D eigenvalue weighted by Gasteiger charge is 2.23. The molecular weight excluding hydrogens is 264 g/mol. The van der Waals surface area contributed by atoms with Gasteiger partial charge in [-0.1, -0.05) is 30.7 Å². The minimum Gasteiger partial charge on any atom is -0.346 e. The first-order valence-electron chi connectivity index (χ1n) is 6.54. The topological polar surface area (TPSA) is 15.3 Å². The number of nitrogens with one attached hydrogen (secondary N) is 1. The first-order valence-corrected chi connectivity index (χ1v) is 7.33. The number of benzene rings is 1. The zero-order valence-electron chi connectivity index (χ0n) is 10.7. The SMILES string of the molecule is CC[C@@H]1CCCCN1C(=S)Nc1ccccc1Cl. The van der Waals surface area contributed by atoms with Crippen LogP contribution < -0.4 is 5.32 Å². The summed E-state index contributed by atoms with van der Waals surface area (Å²) in [6.07, 6.45) is 4.91. The maximum absolute atomic E-state index is 6.14. The van der Waals surface area contributed by atoms with Crippen molar-refractivity contribution in [2.24, 2.45) is 0 Å². The van der Waals surface area contributed by atoms with Crippen LogP contribution in [0.3, 0.4) is 0 Å². The van der Waals surface area contributed by atoms with Gasteiger partial charge in [0.25, 0.3) is 0 Å². The Hall–Kier alpha value is -0.800. The molecular formula is C14H19ClN2S. The van der Waals surface area contributed by atoms with E-state index < -0.39 is 0 Å². The zero-order valence-corrected chi connectivity index (χ0v) is 12.2. The Morgan fingerprint density at radius 1 is 1.44 bits per heavy atom. The molecule has 1 aliphatic rings. The van der Waals surface area contributed by atoms with E-state index in [1.807, 2.05) is 24.3 Å². The van der Waals surface area contributed by atoms with Crippen molar-refractivity contribution in [1.29, 1.82) is 0 Å². The molecule has 1 heterocycles. The van der Waals surface area contributed by atoms with E-state index in [1.165, 1.54) is 19.3 Å². The maximum Gasteiger partial charge on any atom is 0.173 e. The third kappa shape index (κ3) is 3.15. The fourth-order valence-electron chi connectivity index (χ4n) is 2.44. The summed E-state index contributed by atoms with van der Waals surface area (Å²) in [7, 11) is 0. The minimum absolute atomic E-state index is 0.571. The molecule has 2 rings (SSSR count). The van der Waals surface area contributed by atoms with Gasteiger partial charge in [-0.25, -0.2) is 0 Å². The first kappa shape index (κ1) is 13.6. The summed E-state index contributed by atoms with van der Waals surface area (Å²) < 4.78 is 0. The van der Waals surface area contributed by atoms with Gasteiger partial charge in [-0.3, -0.25) is 0 Å². The van der Waals surface area contributed by atoms with Crippen molar-refractivity contribution in [2.45, 2.75) is 38.6 Å². The summed E-state index contributed by atoms with van der Waals surface area (Å²) in [4.78, 5) is 2.31. The molecule has 98 valence electrons. The lowest BCUT2D eigenvalue weighted by molar-refractivity contribution is 0.239. The third-order valence-electron chi connectivity index (χ3n) is 3.47. The van der Waals surface area contributed by atoms with Crippen LogP contribution in [0.25, 0.3) is 0 Å². The van der Waals surface area contributed by atoms with Crippen LogP contribution in [-0.2, 0) is 0 Å². The van der Waals surface area contributed by atoms with E-state index in [0.29, 0.717) is 11.1 Å². The van der Waals surface area contributed by atoms with Gasteiger partial charge in [-0.2, -0.15) is 0 Å². The first-order chi connectivity index (χ1) is 8.72. The number of hydrogen-bond donors (Lipinski definition) is 1. The van der Waals surface area contributed by atoms with Gasteiger partial charge in [0.05, 0.1) is 10.7 Å². The number of piperidine rings is 1. The largest absolute Gasteiger partial charge is 0.346 e. The Morgan fingerprint density at radius 2 is 2.22 bits per heavy atom. The standard InChI is InChI=1S/C14H19ClN2S/c1-2-11-7-5-6-10-17(11)14(18)16-13-9-4-3-8-12(13)15/h3-4,8-9,11H,2,5-7,10H2,1H3,(H,16,18)/t11-/m1/s1. The molecule has 1 fully saturated rings. The molecule has 0 bridgehead atoms. The van der Waals surface area contributed by atoms with E-state index in [2.05, 4.69) is 17.1 Å². The average Bonchev–Trinajstić information content (AvgIpc) is 2.41. The minimum atomic E-state index is 0.571. The Morgan fingerprint density at radius 3 is 2.94 bits per heavy atom. The molecule has 1 aromatic carbocycles. The highest BCUT2D eigenvalue weighted by Crippen LogP contribution is 2.24. The van der Waals surface area contributed by atoms with Crippen LogP contribution in [0.15, 0.2) is 24.3 Å². The van der Waals surface area contributed by atoms with Crippen molar-refractivity contribution in [3.63, 3.8) is 0 Å². The van der Waals surface area contributed by atoms with Crippen LogP contribution in [-0.4, -0.2) is 22.6 Å². The van der Waals surface area contributed by atoms with E-state index in [1.54, 1.807) is 0 Å². The van der Waals surface area contributed by atoms with E-state index in [-0.39, 0.29) is 0 Å². The van der Waals surface area contributed by atoms with Crippen LogP contribution >= 0.6 is 23.8 Å². The predicted octanol–water partition coefficient (Wildman–Crippen LogP) is 4.30. The van der Waals surface area contributed by atoms with Gasteiger partial charge in [-0.15, -0.1) is 0 Å². The monoisotopic (exact) mass is 282 g/mol. The van der Waals surface area contributed by atoms with Crippen molar-refractivity contribution in [3.8, 4) is 0 Å². The van der Waals surface area contributed by atoms with Gasteiger partial charge in [0.1, 0.15) is 0 Å². The summed E-state index contributed by atoms with van der Waals surface area (Å²) in [5.74, 6) is 0. The lowest BCUT2D eigenvalue weighted by Crippen LogP contribution is -2.45. The van der Waals surface area contributed by atoms with Crippen molar-refractivity contribution in [3.05, 3.63) is 29.3 Å². The molecule has 1 saturated heterocycles. The van der Waals surface area contributed by atoms with E-state index >= 15 is 0 Å². The lowest BCUT2D eigenvalue weighted by Gasteiger charge is -2.37. The Labute approximate surface area is 119 Å². The van der Waals surface area contributed by atoms with Crippen LogP contribution in [0.4, 0.5) is 5.69 Å². The maximum atomic E-state index is 6.14. The van der Waals surface area contributed by atoms with Gasteiger partial charge in [0.2, 0.25) is 0 Å². The van der Waals surface area contributed by atoms with Crippen LogP contribution in [0.1, 0.15) is 32.6 Å². The molecule has 4 heteroatoms.